The van der Waals surface area contributed by atoms with Gasteiger partial charge in [-0.1, -0.05) is 18.6 Å². The Hall–Kier alpha value is -1.73. The van der Waals surface area contributed by atoms with Gasteiger partial charge >= 0.3 is 0 Å². The molecule has 0 aliphatic carbocycles. The highest BCUT2D eigenvalue weighted by Gasteiger charge is 2.30. The normalized spacial score (nSPS) is 19.8. The molecule has 1 aromatic heterocycles. The number of H-pyrrole nitrogens is 1. The summed E-state index contributed by atoms with van der Waals surface area (Å²) in [5, 5.41) is 6.79. The zero-order chi connectivity index (χ0) is 16.4. The number of hydrogen-bond acceptors (Lipinski definition) is 4. The average Bonchev–Trinajstić information content (AvgIpc) is 2.97. The summed E-state index contributed by atoms with van der Waals surface area (Å²) in [6.45, 7) is 1.44. The highest BCUT2D eigenvalue weighted by Crippen LogP contribution is 2.34. The lowest BCUT2D eigenvalue weighted by molar-refractivity contribution is 0.135. The summed E-state index contributed by atoms with van der Waals surface area (Å²) >= 11 is 0. The van der Waals surface area contributed by atoms with Crippen molar-refractivity contribution in [2.24, 2.45) is 0 Å². The first-order valence-corrected chi connectivity index (χ1v) is 9.56. The van der Waals surface area contributed by atoms with Crippen LogP contribution in [-0.4, -0.2) is 36.3 Å². The maximum atomic E-state index is 13.4. The van der Waals surface area contributed by atoms with E-state index in [2.05, 4.69) is 15.1 Å². The Bertz CT molecular complexity index is 788. The van der Waals surface area contributed by atoms with E-state index in [1.807, 2.05) is 6.07 Å². The summed E-state index contributed by atoms with van der Waals surface area (Å²) < 4.78 is 37.3. The third-order valence-corrected chi connectivity index (χ3v) is 5.38. The summed E-state index contributed by atoms with van der Waals surface area (Å²) in [5.41, 5.74) is 1.53. The molecule has 124 valence electrons. The van der Waals surface area contributed by atoms with Crippen LogP contribution in [0.5, 0.6) is 0 Å². The van der Waals surface area contributed by atoms with Crippen LogP contribution < -0.4 is 0 Å². The molecule has 1 atom stereocenters. The third-order valence-electron chi connectivity index (χ3n) is 4.25. The van der Waals surface area contributed by atoms with E-state index >= 15 is 0 Å². The van der Waals surface area contributed by atoms with E-state index in [0.29, 0.717) is 12.2 Å². The molecule has 0 radical (unpaired) electrons. The molecule has 2 aromatic rings. The number of nitrogens with one attached hydrogen (secondary N) is 1. The Morgan fingerprint density at radius 2 is 2.22 bits per heavy atom. The highest BCUT2D eigenvalue weighted by atomic mass is 32.2. The van der Waals surface area contributed by atoms with Crippen LogP contribution in [0.4, 0.5) is 4.39 Å². The predicted molar refractivity (Wildman–Crippen MR) is 85.1 cm³/mol. The van der Waals surface area contributed by atoms with Crippen LogP contribution in [0, 0.1) is 5.82 Å². The van der Waals surface area contributed by atoms with Gasteiger partial charge in [0.1, 0.15) is 10.7 Å². The molecule has 0 amide bonds. The van der Waals surface area contributed by atoms with Crippen LogP contribution in [0.25, 0.3) is 0 Å². The van der Waals surface area contributed by atoms with E-state index in [4.69, 9.17) is 0 Å². The van der Waals surface area contributed by atoms with Gasteiger partial charge in [-0.2, -0.15) is 5.10 Å². The predicted octanol–water partition coefficient (Wildman–Crippen LogP) is 2.68. The molecule has 0 unspecified atom stereocenters. The quantitative estimate of drug-likeness (QED) is 0.931. The first-order chi connectivity index (χ1) is 10.9. The van der Waals surface area contributed by atoms with Crippen molar-refractivity contribution in [2.75, 3.05) is 12.8 Å². The summed E-state index contributed by atoms with van der Waals surface area (Å²) in [7, 11) is -3.32. The van der Waals surface area contributed by atoms with Crippen molar-refractivity contribution in [3.63, 3.8) is 0 Å². The van der Waals surface area contributed by atoms with Crippen LogP contribution >= 0.6 is 0 Å². The Morgan fingerprint density at radius 3 is 2.96 bits per heavy atom. The van der Waals surface area contributed by atoms with E-state index in [1.54, 1.807) is 6.07 Å². The number of benzene rings is 1. The maximum Gasteiger partial charge on any atom is 0.178 e. The van der Waals surface area contributed by atoms with E-state index in [0.717, 1.165) is 31.4 Å². The molecule has 7 heteroatoms. The minimum Gasteiger partial charge on any atom is -0.290 e. The molecule has 23 heavy (non-hydrogen) atoms. The van der Waals surface area contributed by atoms with Gasteiger partial charge in [0.15, 0.2) is 9.84 Å². The van der Waals surface area contributed by atoms with Crippen molar-refractivity contribution in [1.82, 2.24) is 15.1 Å². The Morgan fingerprint density at radius 1 is 1.39 bits per heavy atom. The van der Waals surface area contributed by atoms with Crippen LogP contribution in [0.3, 0.4) is 0 Å². The lowest BCUT2D eigenvalue weighted by Crippen LogP contribution is -2.33. The van der Waals surface area contributed by atoms with Crippen LogP contribution in [0.15, 0.2) is 35.4 Å². The van der Waals surface area contributed by atoms with Gasteiger partial charge in [-0.05, 0) is 37.1 Å². The molecule has 2 heterocycles. The van der Waals surface area contributed by atoms with Gasteiger partial charge in [0.05, 0.1) is 17.9 Å². The number of sulfone groups is 1. The number of hydrogen-bond donors (Lipinski definition) is 1. The molecular formula is C16H20FN3O2S. The number of rotatable bonds is 4. The Labute approximate surface area is 135 Å². The van der Waals surface area contributed by atoms with Gasteiger partial charge in [0, 0.05) is 12.8 Å². The minimum atomic E-state index is -3.32. The molecule has 0 bridgehead atoms. The SMILES string of the molecule is CS(=O)(=O)c1cn[nH]c1[C@@H]1CCCCN1Cc1cccc(F)c1. The second-order valence-corrected chi connectivity index (χ2v) is 8.02. The maximum absolute atomic E-state index is 13.4. The average molecular weight is 337 g/mol. The lowest BCUT2D eigenvalue weighted by Gasteiger charge is -2.35. The minimum absolute atomic E-state index is 0.0424. The zero-order valence-corrected chi connectivity index (χ0v) is 13.8. The third kappa shape index (κ3) is 3.61. The number of halogens is 1. The van der Waals surface area contributed by atoms with Crippen molar-refractivity contribution < 1.29 is 12.8 Å². The fourth-order valence-corrected chi connectivity index (χ4v) is 4.02. The largest absolute Gasteiger partial charge is 0.290 e. The molecule has 1 aliphatic heterocycles. The van der Waals surface area contributed by atoms with Crippen molar-refractivity contribution in [3.8, 4) is 0 Å². The Balaban J connectivity index is 1.89. The van der Waals surface area contributed by atoms with Gasteiger partial charge in [-0.3, -0.25) is 10.00 Å². The monoisotopic (exact) mass is 337 g/mol. The lowest BCUT2D eigenvalue weighted by atomic mass is 9.98. The molecule has 5 nitrogen and oxygen atoms in total. The summed E-state index contributed by atoms with van der Waals surface area (Å²) in [4.78, 5) is 2.45. The molecule has 1 fully saturated rings. The van der Waals surface area contributed by atoms with Gasteiger partial charge < -0.3 is 0 Å². The van der Waals surface area contributed by atoms with E-state index in [9.17, 15) is 12.8 Å². The molecular weight excluding hydrogens is 317 g/mol. The number of likely N-dealkylation sites (tertiary alicyclic amines) is 1. The molecule has 0 saturated carbocycles. The van der Waals surface area contributed by atoms with Crippen LogP contribution in [0.1, 0.15) is 36.6 Å². The molecule has 1 aliphatic rings. The van der Waals surface area contributed by atoms with Gasteiger partial charge in [-0.15, -0.1) is 0 Å². The molecule has 3 rings (SSSR count). The van der Waals surface area contributed by atoms with Crippen molar-refractivity contribution in [3.05, 3.63) is 47.5 Å². The number of piperidine rings is 1. The van der Waals surface area contributed by atoms with Crippen molar-refractivity contribution >= 4 is 9.84 Å². The summed E-state index contributed by atoms with van der Waals surface area (Å²) in [5.74, 6) is -0.255. The second kappa shape index (κ2) is 6.41. The van der Waals surface area contributed by atoms with Crippen LogP contribution in [0.2, 0.25) is 0 Å². The fraction of sp³-hybridized carbons (Fsp3) is 0.438. The van der Waals surface area contributed by atoms with Gasteiger partial charge in [-0.25, -0.2) is 12.8 Å². The number of aromatic amines is 1. The zero-order valence-electron chi connectivity index (χ0n) is 13.0. The second-order valence-electron chi connectivity index (χ2n) is 6.03. The standard InChI is InChI=1S/C16H20FN3O2S/c1-23(21,22)15-10-18-19-16(15)14-7-2-3-8-20(14)11-12-5-4-6-13(17)9-12/h4-6,9-10,14H,2-3,7-8,11H2,1H3,(H,18,19)/t14-/m0/s1. The smallest absolute Gasteiger partial charge is 0.178 e. The number of nitrogens with zero attached hydrogens (tertiary/aromatic N) is 2. The highest BCUT2D eigenvalue weighted by molar-refractivity contribution is 7.90. The van der Waals surface area contributed by atoms with Gasteiger partial charge in [0.2, 0.25) is 0 Å². The summed E-state index contributed by atoms with van der Waals surface area (Å²) in [6.07, 6.45) is 5.52. The molecule has 0 spiro atoms. The number of aromatic nitrogens is 2. The van der Waals surface area contributed by atoms with Crippen molar-refractivity contribution in [1.29, 1.82) is 0 Å². The molecule has 1 N–H and O–H groups in total. The first kappa shape index (κ1) is 16.1. The van der Waals surface area contributed by atoms with Crippen LogP contribution in [-0.2, 0) is 16.4 Å². The topological polar surface area (TPSA) is 66.1 Å². The van der Waals surface area contributed by atoms with E-state index < -0.39 is 9.84 Å². The first-order valence-electron chi connectivity index (χ1n) is 7.67. The summed E-state index contributed by atoms with van der Waals surface area (Å²) in [6, 6.07) is 6.49. The molecule has 1 aromatic carbocycles. The molecule has 1 saturated heterocycles. The van der Waals surface area contributed by atoms with E-state index in [-0.39, 0.29) is 16.8 Å². The van der Waals surface area contributed by atoms with Gasteiger partial charge in [0.25, 0.3) is 0 Å². The van der Waals surface area contributed by atoms with Crippen molar-refractivity contribution in [2.45, 2.75) is 36.7 Å². The van der Waals surface area contributed by atoms with E-state index in [1.165, 1.54) is 24.6 Å². The Kier molecular flexibility index (Phi) is 4.50. The fourth-order valence-electron chi connectivity index (χ4n) is 3.20.